The van der Waals surface area contributed by atoms with Crippen molar-refractivity contribution in [1.29, 1.82) is 0 Å². The van der Waals surface area contributed by atoms with Crippen LogP contribution in [0.5, 0.6) is 0 Å². The molecule has 0 unspecified atom stereocenters. The molecule has 0 heterocycles. The van der Waals surface area contributed by atoms with E-state index in [1.54, 1.807) is 0 Å². The van der Waals surface area contributed by atoms with Gasteiger partial charge in [0.15, 0.2) is 5.96 Å². The van der Waals surface area contributed by atoms with Gasteiger partial charge in [-0.1, -0.05) is 30.3 Å². The average Bonchev–Trinajstić information content (AvgIpc) is 2.40. The number of nitrogens with one attached hydrogen (secondary N) is 2. The highest BCUT2D eigenvalue weighted by atomic mass is 32.2. The lowest BCUT2D eigenvalue weighted by Crippen LogP contribution is -2.37. The van der Waals surface area contributed by atoms with Gasteiger partial charge in [-0.2, -0.15) is 0 Å². The second kappa shape index (κ2) is 9.55. The van der Waals surface area contributed by atoms with E-state index in [-0.39, 0.29) is 0 Å². The standard InChI is InChI=1S/C14H23N3OS/c1-3-15-14(16-4-2)17-10-11-19(18)12-13-8-6-5-7-9-13/h5-9H,3-4,10-12H2,1-2H3,(H2,15,16,17)/t19-/m1/s1. The molecule has 4 nitrogen and oxygen atoms in total. The van der Waals surface area contributed by atoms with Gasteiger partial charge in [-0.3, -0.25) is 9.20 Å². The molecule has 0 saturated carbocycles. The lowest BCUT2D eigenvalue weighted by molar-refractivity contribution is 0.682. The molecule has 106 valence electrons. The van der Waals surface area contributed by atoms with E-state index in [2.05, 4.69) is 15.6 Å². The van der Waals surface area contributed by atoms with E-state index >= 15 is 0 Å². The Hall–Kier alpha value is -1.36. The van der Waals surface area contributed by atoms with E-state index < -0.39 is 10.8 Å². The van der Waals surface area contributed by atoms with Gasteiger partial charge in [0.1, 0.15) is 0 Å². The fourth-order valence-electron chi connectivity index (χ4n) is 1.60. The molecule has 0 amide bonds. The van der Waals surface area contributed by atoms with Crippen molar-refractivity contribution in [1.82, 2.24) is 10.6 Å². The molecule has 19 heavy (non-hydrogen) atoms. The molecule has 0 bridgehead atoms. The lowest BCUT2D eigenvalue weighted by atomic mass is 10.2. The Morgan fingerprint density at radius 3 is 2.37 bits per heavy atom. The summed E-state index contributed by atoms with van der Waals surface area (Å²) >= 11 is 0. The Morgan fingerprint density at radius 1 is 1.16 bits per heavy atom. The van der Waals surface area contributed by atoms with Crippen LogP contribution >= 0.6 is 0 Å². The first kappa shape index (κ1) is 15.7. The van der Waals surface area contributed by atoms with Crippen molar-refractivity contribution in [2.24, 2.45) is 4.99 Å². The summed E-state index contributed by atoms with van der Waals surface area (Å²) in [5, 5.41) is 6.29. The van der Waals surface area contributed by atoms with Gasteiger partial charge < -0.3 is 10.6 Å². The number of hydrogen-bond acceptors (Lipinski definition) is 2. The van der Waals surface area contributed by atoms with E-state index in [9.17, 15) is 4.21 Å². The van der Waals surface area contributed by atoms with Gasteiger partial charge in [-0.25, -0.2) is 0 Å². The number of guanidine groups is 1. The SMILES string of the molecule is CCNC(=NCC[S@@](=O)Cc1ccccc1)NCC. The van der Waals surface area contributed by atoms with Gasteiger partial charge in [-0.15, -0.1) is 0 Å². The van der Waals surface area contributed by atoms with Crippen LogP contribution in [0, 0.1) is 0 Å². The first-order chi connectivity index (χ1) is 9.26. The van der Waals surface area contributed by atoms with Crippen LogP contribution in [0.2, 0.25) is 0 Å². The highest BCUT2D eigenvalue weighted by molar-refractivity contribution is 7.84. The molecule has 1 rings (SSSR count). The molecule has 1 aromatic rings. The third kappa shape index (κ3) is 6.96. The average molecular weight is 281 g/mol. The zero-order valence-corrected chi connectivity index (χ0v) is 12.5. The minimum atomic E-state index is -0.858. The van der Waals surface area contributed by atoms with E-state index in [0.717, 1.165) is 24.6 Å². The first-order valence-corrected chi connectivity index (χ1v) is 8.16. The Balaban J connectivity index is 2.35. The smallest absolute Gasteiger partial charge is 0.191 e. The van der Waals surface area contributed by atoms with Crippen LogP contribution in [0.25, 0.3) is 0 Å². The summed E-state index contributed by atoms with van der Waals surface area (Å²) in [6, 6.07) is 9.92. The zero-order valence-electron chi connectivity index (χ0n) is 11.7. The Kier molecular flexibility index (Phi) is 7.89. The fraction of sp³-hybridized carbons (Fsp3) is 0.500. The molecule has 1 aromatic carbocycles. The minimum Gasteiger partial charge on any atom is -0.357 e. The van der Waals surface area contributed by atoms with Gasteiger partial charge in [-0.05, 0) is 19.4 Å². The van der Waals surface area contributed by atoms with Crippen molar-refractivity contribution in [3.05, 3.63) is 35.9 Å². The highest BCUT2D eigenvalue weighted by Crippen LogP contribution is 2.02. The summed E-state index contributed by atoms with van der Waals surface area (Å²) in [7, 11) is -0.858. The van der Waals surface area contributed by atoms with Gasteiger partial charge in [0, 0.05) is 35.4 Å². The molecule has 0 fully saturated rings. The second-order valence-corrected chi connectivity index (χ2v) is 5.64. The van der Waals surface area contributed by atoms with Gasteiger partial charge in [0.25, 0.3) is 0 Å². The zero-order chi connectivity index (χ0) is 13.9. The maximum atomic E-state index is 11.9. The molecule has 0 aliphatic rings. The lowest BCUT2D eigenvalue weighted by Gasteiger charge is -2.08. The second-order valence-electron chi connectivity index (χ2n) is 4.06. The monoisotopic (exact) mass is 281 g/mol. The maximum Gasteiger partial charge on any atom is 0.191 e. The van der Waals surface area contributed by atoms with Crippen LogP contribution in [-0.4, -0.2) is 35.6 Å². The van der Waals surface area contributed by atoms with Crippen LogP contribution in [0.15, 0.2) is 35.3 Å². The van der Waals surface area contributed by atoms with Crippen LogP contribution in [-0.2, 0) is 16.6 Å². The third-order valence-corrected chi connectivity index (χ3v) is 3.74. The van der Waals surface area contributed by atoms with E-state index in [1.165, 1.54) is 0 Å². The molecule has 0 aliphatic heterocycles. The van der Waals surface area contributed by atoms with E-state index in [1.807, 2.05) is 44.2 Å². The molecule has 0 spiro atoms. The number of nitrogens with zero attached hydrogens (tertiary/aromatic N) is 1. The highest BCUT2D eigenvalue weighted by Gasteiger charge is 2.01. The van der Waals surface area contributed by atoms with Crippen LogP contribution in [0.3, 0.4) is 0 Å². The summed E-state index contributed by atoms with van der Waals surface area (Å²) < 4.78 is 11.9. The Morgan fingerprint density at radius 2 is 1.79 bits per heavy atom. The maximum absolute atomic E-state index is 11.9. The number of rotatable bonds is 7. The molecular weight excluding hydrogens is 258 g/mol. The largest absolute Gasteiger partial charge is 0.357 e. The minimum absolute atomic E-state index is 0.578. The molecule has 0 radical (unpaired) electrons. The predicted molar refractivity (Wildman–Crippen MR) is 82.8 cm³/mol. The number of benzene rings is 1. The number of hydrogen-bond donors (Lipinski definition) is 2. The Bertz CT molecular complexity index is 398. The van der Waals surface area contributed by atoms with Gasteiger partial charge >= 0.3 is 0 Å². The van der Waals surface area contributed by atoms with Crippen LogP contribution in [0.1, 0.15) is 19.4 Å². The number of aliphatic imine (C=N–C) groups is 1. The van der Waals surface area contributed by atoms with Crippen molar-refractivity contribution in [3.8, 4) is 0 Å². The third-order valence-electron chi connectivity index (χ3n) is 2.45. The molecule has 1 atom stereocenters. The first-order valence-electron chi connectivity index (χ1n) is 6.67. The summed E-state index contributed by atoms with van der Waals surface area (Å²) in [5.41, 5.74) is 1.11. The van der Waals surface area contributed by atoms with Crippen molar-refractivity contribution in [2.75, 3.05) is 25.4 Å². The molecule has 0 aromatic heterocycles. The normalized spacial score (nSPS) is 11.7. The Labute approximate surface area is 118 Å². The van der Waals surface area contributed by atoms with E-state index in [0.29, 0.717) is 18.1 Å². The fourth-order valence-corrected chi connectivity index (χ4v) is 2.60. The van der Waals surface area contributed by atoms with Crippen molar-refractivity contribution in [2.45, 2.75) is 19.6 Å². The van der Waals surface area contributed by atoms with Crippen LogP contribution < -0.4 is 10.6 Å². The molecule has 0 saturated heterocycles. The van der Waals surface area contributed by atoms with Gasteiger partial charge in [0.05, 0.1) is 6.54 Å². The van der Waals surface area contributed by atoms with E-state index in [4.69, 9.17) is 0 Å². The molecule has 5 heteroatoms. The quantitative estimate of drug-likeness (QED) is 0.588. The van der Waals surface area contributed by atoms with Crippen molar-refractivity contribution >= 4 is 16.8 Å². The van der Waals surface area contributed by atoms with Crippen molar-refractivity contribution < 1.29 is 4.21 Å². The summed E-state index contributed by atoms with van der Waals surface area (Å²) in [6.45, 7) is 6.30. The van der Waals surface area contributed by atoms with Crippen molar-refractivity contribution in [3.63, 3.8) is 0 Å². The predicted octanol–water partition coefficient (Wildman–Crippen LogP) is 1.51. The summed E-state index contributed by atoms with van der Waals surface area (Å²) in [4.78, 5) is 4.39. The molecule has 2 N–H and O–H groups in total. The molecular formula is C14H23N3OS. The summed E-state index contributed by atoms with van der Waals surface area (Å²) in [6.07, 6.45) is 0. The topological polar surface area (TPSA) is 53.5 Å². The van der Waals surface area contributed by atoms with Crippen LogP contribution in [0.4, 0.5) is 0 Å². The summed E-state index contributed by atoms with van der Waals surface area (Å²) in [5.74, 6) is 1.99. The molecule has 0 aliphatic carbocycles. The van der Waals surface area contributed by atoms with Gasteiger partial charge in [0.2, 0.25) is 0 Å².